The van der Waals surface area contributed by atoms with Crippen LogP contribution in [0.15, 0.2) is 12.7 Å². The highest BCUT2D eigenvalue weighted by atomic mass is 15.5. The Morgan fingerprint density at radius 3 is 2.33 bits per heavy atom. The van der Waals surface area contributed by atoms with Gasteiger partial charge in [0.1, 0.15) is 0 Å². The van der Waals surface area contributed by atoms with Crippen LogP contribution in [-0.4, -0.2) is 24.6 Å². The molecule has 15 heavy (non-hydrogen) atoms. The van der Waals surface area contributed by atoms with Gasteiger partial charge in [0.15, 0.2) is 0 Å². The van der Waals surface area contributed by atoms with Crippen LogP contribution >= 0.6 is 0 Å². The lowest BCUT2D eigenvalue weighted by atomic mass is 10.2. The molecule has 0 aliphatic rings. The average Bonchev–Trinajstić information content (AvgIpc) is 2.24. The highest BCUT2D eigenvalue weighted by Gasteiger charge is 2.02. The molecule has 0 heterocycles. The molecule has 1 radical (unpaired) electrons. The van der Waals surface area contributed by atoms with E-state index in [9.17, 15) is 0 Å². The second-order valence-electron chi connectivity index (χ2n) is 3.98. The fourth-order valence-electron chi connectivity index (χ4n) is 1.49. The van der Waals surface area contributed by atoms with Gasteiger partial charge in [0, 0.05) is 19.6 Å². The summed E-state index contributed by atoms with van der Waals surface area (Å²) in [5.41, 5.74) is 4.58. The van der Waals surface area contributed by atoms with Gasteiger partial charge in [-0.2, -0.15) is 5.43 Å². The summed E-state index contributed by atoms with van der Waals surface area (Å²) in [7, 11) is 0. The molecule has 89 valence electrons. The molecule has 0 rings (SSSR count). The molecular formula is C13H27N2. The van der Waals surface area contributed by atoms with E-state index in [-0.39, 0.29) is 0 Å². The molecule has 0 saturated carbocycles. The number of rotatable bonds is 11. The minimum absolute atomic E-state index is 0.899. The van der Waals surface area contributed by atoms with E-state index in [2.05, 4.69) is 30.9 Å². The maximum absolute atomic E-state index is 4.58. The minimum Gasteiger partial charge on any atom is -0.223 e. The SMILES string of the molecule is C=CCN(CCCCC)[N]CCCCC. The van der Waals surface area contributed by atoms with Gasteiger partial charge in [0.25, 0.3) is 0 Å². The molecule has 0 aliphatic carbocycles. The van der Waals surface area contributed by atoms with E-state index in [4.69, 9.17) is 0 Å². The number of nitrogens with zero attached hydrogens (tertiary/aromatic N) is 2. The van der Waals surface area contributed by atoms with Crippen LogP contribution in [0.1, 0.15) is 52.4 Å². The monoisotopic (exact) mass is 211 g/mol. The first kappa shape index (κ1) is 14.7. The molecule has 0 aliphatic heterocycles. The van der Waals surface area contributed by atoms with Crippen molar-refractivity contribution >= 4 is 0 Å². The first-order chi connectivity index (χ1) is 7.35. The van der Waals surface area contributed by atoms with Gasteiger partial charge in [0.2, 0.25) is 0 Å². The molecule has 2 nitrogen and oxygen atoms in total. The zero-order valence-corrected chi connectivity index (χ0v) is 10.5. The van der Waals surface area contributed by atoms with Gasteiger partial charge in [0.05, 0.1) is 0 Å². The van der Waals surface area contributed by atoms with E-state index in [1.54, 1.807) is 0 Å². The third-order valence-corrected chi connectivity index (χ3v) is 2.42. The van der Waals surface area contributed by atoms with Crippen molar-refractivity contribution in [1.82, 2.24) is 10.4 Å². The molecule has 0 amide bonds. The maximum atomic E-state index is 4.58. The molecule has 0 aromatic rings. The average molecular weight is 211 g/mol. The number of unbranched alkanes of at least 4 members (excludes halogenated alkanes) is 4. The van der Waals surface area contributed by atoms with E-state index in [1.807, 2.05) is 6.08 Å². The summed E-state index contributed by atoms with van der Waals surface area (Å²) in [6.45, 7) is 11.2. The Labute approximate surface area is 95.7 Å². The molecule has 0 fully saturated rings. The summed E-state index contributed by atoms with van der Waals surface area (Å²) >= 11 is 0. The van der Waals surface area contributed by atoms with E-state index in [0.717, 1.165) is 19.6 Å². The van der Waals surface area contributed by atoms with Gasteiger partial charge in [-0.25, -0.2) is 5.01 Å². The number of hydrogen-bond acceptors (Lipinski definition) is 1. The first-order valence-corrected chi connectivity index (χ1v) is 6.38. The van der Waals surface area contributed by atoms with Gasteiger partial charge in [-0.1, -0.05) is 45.6 Å². The molecule has 0 saturated heterocycles. The van der Waals surface area contributed by atoms with Crippen molar-refractivity contribution in [1.29, 1.82) is 0 Å². The number of hydrogen-bond donors (Lipinski definition) is 0. The first-order valence-electron chi connectivity index (χ1n) is 6.38. The van der Waals surface area contributed by atoms with E-state index >= 15 is 0 Å². The van der Waals surface area contributed by atoms with Crippen LogP contribution < -0.4 is 5.43 Å². The lowest BCUT2D eigenvalue weighted by Gasteiger charge is -2.19. The fourth-order valence-corrected chi connectivity index (χ4v) is 1.49. The second kappa shape index (κ2) is 11.7. The zero-order chi connectivity index (χ0) is 11.4. The van der Waals surface area contributed by atoms with Crippen LogP contribution in [0.3, 0.4) is 0 Å². The van der Waals surface area contributed by atoms with Gasteiger partial charge >= 0.3 is 0 Å². The molecule has 0 aromatic heterocycles. The Kier molecular flexibility index (Phi) is 11.5. The third kappa shape index (κ3) is 9.95. The Balaban J connectivity index is 3.48. The fraction of sp³-hybridized carbons (Fsp3) is 0.846. The van der Waals surface area contributed by atoms with Gasteiger partial charge in [-0.05, 0) is 12.8 Å². The van der Waals surface area contributed by atoms with Crippen LogP contribution in [0.4, 0.5) is 0 Å². The lowest BCUT2D eigenvalue weighted by molar-refractivity contribution is 0.195. The van der Waals surface area contributed by atoms with Crippen LogP contribution in [0, 0.1) is 0 Å². The smallest absolute Gasteiger partial charge is 0.0325 e. The standard InChI is InChI=1S/C13H27N2/c1-4-7-9-11-14-15(12-6-3)13-10-8-5-2/h6H,3-5,7-13H2,1-2H3. The quantitative estimate of drug-likeness (QED) is 0.291. The highest BCUT2D eigenvalue weighted by molar-refractivity contribution is 4.71. The van der Waals surface area contributed by atoms with E-state index < -0.39 is 0 Å². The Bertz CT molecular complexity index is 134. The summed E-state index contributed by atoms with van der Waals surface area (Å²) < 4.78 is 0. The topological polar surface area (TPSA) is 17.3 Å². The van der Waals surface area contributed by atoms with E-state index in [1.165, 1.54) is 38.5 Å². The van der Waals surface area contributed by atoms with Crippen molar-refractivity contribution < 1.29 is 0 Å². The highest BCUT2D eigenvalue weighted by Crippen LogP contribution is 1.98. The molecule has 0 unspecified atom stereocenters. The largest absolute Gasteiger partial charge is 0.223 e. The van der Waals surface area contributed by atoms with Gasteiger partial charge < -0.3 is 0 Å². The van der Waals surface area contributed by atoms with Crippen molar-refractivity contribution in [2.24, 2.45) is 0 Å². The molecule has 0 aromatic carbocycles. The van der Waals surface area contributed by atoms with E-state index in [0.29, 0.717) is 0 Å². The molecule has 0 bridgehead atoms. The Morgan fingerprint density at radius 2 is 1.73 bits per heavy atom. The van der Waals surface area contributed by atoms with Crippen molar-refractivity contribution in [3.8, 4) is 0 Å². The Hall–Kier alpha value is -0.340. The second-order valence-corrected chi connectivity index (χ2v) is 3.98. The van der Waals surface area contributed by atoms with Crippen LogP contribution in [0.2, 0.25) is 0 Å². The maximum Gasteiger partial charge on any atom is 0.0325 e. The summed E-state index contributed by atoms with van der Waals surface area (Å²) in [5, 5.41) is 2.16. The molecule has 0 spiro atoms. The van der Waals surface area contributed by atoms with Crippen LogP contribution in [0.5, 0.6) is 0 Å². The minimum atomic E-state index is 0.899. The van der Waals surface area contributed by atoms with Gasteiger partial charge in [-0.15, -0.1) is 6.58 Å². The van der Waals surface area contributed by atoms with Crippen molar-refractivity contribution in [2.45, 2.75) is 52.4 Å². The summed E-state index contributed by atoms with van der Waals surface area (Å²) in [6.07, 6.45) is 9.55. The normalized spacial score (nSPS) is 10.9. The summed E-state index contributed by atoms with van der Waals surface area (Å²) in [4.78, 5) is 0. The van der Waals surface area contributed by atoms with Crippen molar-refractivity contribution in [3.05, 3.63) is 12.7 Å². The molecule has 2 heteroatoms. The summed E-state index contributed by atoms with van der Waals surface area (Å²) in [6, 6.07) is 0. The van der Waals surface area contributed by atoms with Crippen molar-refractivity contribution in [3.63, 3.8) is 0 Å². The third-order valence-electron chi connectivity index (χ3n) is 2.42. The van der Waals surface area contributed by atoms with Gasteiger partial charge in [-0.3, -0.25) is 0 Å². The van der Waals surface area contributed by atoms with Crippen LogP contribution in [-0.2, 0) is 0 Å². The zero-order valence-electron chi connectivity index (χ0n) is 10.5. The molecule has 0 atom stereocenters. The van der Waals surface area contributed by atoms with Crippen LogP contribution in [0.25, 0.3) is 0 Å². The predicted octanol–water partition coefficient (Wildman–Crippen LogP) is 3.37. The molecular weight excluding hydrogens is 184 g/mol. The summed E-state index contributed by atoms with van der Waals surface area (Å²) in [5.74, 6) is 0. The van der Waals surface area contributed by atoms with Crippen molar-refractivity contribution in [2.75, 3.05) is 19.6 Å². The predicted molar refractivity (Wildman–Crippen MR) is 67.8 cm³/mol. The lowest BCUT2D eigenvalue weighted by Crippen LogP contribution is -2.33. The molecule has 0 N–H and O–H groups in total. The Morgan fingerprint density at radius 1 is 1.07 bits per heavy atom.